The van der Waals surface area contributed by atoms with Gasteiger partial charge in [0.05, 0.1) is 0 Å². The molecule has 1 aliphatic heterocycles. The van der Waals surface area contributed by atoms with Crippen molar-refractivity contribution in [1.29, 1.82) is 0 Å². The highest BCUT2D eigenvalue weighted by Gasteiger charge is 2.28. The Hall–Kier alpha value is -0.0800. The van der Waals surface area contributed by atoms with Gasteiger partial charge < -0.3 is 10.2 Å². The summed E-state index contributed by atoms with van der Waals surface area (Å²) in [7, 11) is 2.05. The van der Waals surface area contributed by atoms with Crippen LogP contribution >= 0.6 is 0 Å². The van der Waals surface area contributed by atoms with Gasteiger partial charge in [0.2, 0.25) is 0 Å². The van der Waals surface area contributed by atoms with Gasteiger partial charge in [-0.2, -0.15) is 0 Å². The van der Waals surface area contributed by atoms with E-state index >= 15 is 0 Å². The summed E-state index contributed by atoms with van der Waals surface area (Å²) in [5, 5.41) is 3.35. The molecule has 0 saturated carbocycles. The first-order valence-electron chi connectivity index (χ1n) is 5.46. The highest BCUT2D eigenvalue weighted by atomic mass is 15.1. The average Bonchev–Trinajstić information content (AvgIpc) is 2.54. The molecular formula is C11H24N2. The van der Waals surface area contributed by atoms with E-state index in [1.165, 1.54) is 32.5 Å². The largest absolute Gasteiger partial charge is 0.317 e. The molecule has 1 heterocycles. The molecule has 1 saturated heterocycles. The van der Waals surface area contributed by atoms with Gasteiger partial charge in [-0.3, -0.25) is 0 Å². The number of hydrogen-bond donors (Lipinski definition) is 1. The van der Waals surface area contributed by atoms with Crippen LogP contribution in [-0.2, 0) is 0 Å². The summed E-state index contributed by atoms with van der Waals surface area (Å²) in [6.07, 6.45) is 2.79. The highest BCUT2D eigenvalue weighted by molar-refractivity contribution is 4.84. The van der Waals surface area contributed by atoms with Gasteiger partial charge in [0.1, 0.15) is 0 Å². The van der Waals surface area contributed by atoms with Gasteiger partial charge in [-0.25, -0.2) is 0 Å². The molecule has 0 bridgehead atoms. The van der Waals surface area contributed by atoms with Crippen molar-refractivity contribution in [1.82, 2.24) is 10.2 Å². The third-order valence-electron chi connectivity index (χ3n) is 3.44. The number of nitrogens with zero attached hydrogens (tertiary/aromatic N) is 1. The van der Waals surface area contributed by atoms with E-state index in [0.29, 0.717) is 11.5 Å². The van der Waals surface area contributed by atoms with Crippen LogP contribution < -0.4 is 5.32 Å². The maximum Gasteiger partial charge on any atom is 0.00991 e. The molecule has 1 fully saturated rings. The lowest BCUT2D eigenvalue weighted by Gasteiger charge is -2.35. The summed E-state index contributed by atoms with van der Waals surface area (Å²) >= 11 is 0. The maximum atomic E-state index is 3.35. The van der Waals surface area contributed by atoms with Crippen molar-refractivity contribution in [3.05, 3.63) is 0 Å². The smallest absolute Gasteiger partial charge is 0.00991 e. The molecule has 0 radical (unpaired) electrons. The van der Waals surface area contributed by atoms with E-state index in [-0.39, 0.29) is 0 Å². The predicted molar refractivity (Wildman–Crippen MR) is 58.0 cm³/mol. The first-order valence-corrected chi connectivity index (χ1v) is 5.46. The lowest BCUT2D eigenvalue weighted by atomic mass is 9.85. The second-order valence-corrected chi connectivity index (χ2v) is 4.98. The van der Waals surface area contributed by atoms with E-state index < -0.39 is 0 Å². The fourth-order valence-electron chi connectivity index (χ4n) is 2.04. The molecule has 0 aromatic carbocycles. The molecule has 1 aliphatic rings. The molecule has 2 heteroatoms. The first kappa shape index (κ1) is 11.0. The Kier molecular flexibility index (Phi) is 3.74. The van der Waals surface area contributed by atoms with Crippen molar-refractivity contribution in [3.8, 4) is 0 Å². The van der Waals surface area contributed by atoms with Crippen LogP contribution in [0.2, 0.25) is 0 Å². The molecule has 0 spiro atoms. The molecule has 13 heavy (non-hydrogen) atoms. The number of likely N-dealkylation sites (tertiary alicyclic amines) is 1. The third-order valence-corrected chi connectivity index (χ3v) is 3.44. The quantitative estimate of drug-likeness (QED) is 0.715. The Morgan fingerprint density at radius 1 is 1.31 bits per heavy atom. The van der Waals surface area contributed by atoms with Gasteiger partial charge in [0, 0.05) is 12.6 Å². The van der Waals surface area contributed by atoms with E-state index in [0.717, 1.165) is 0 Å². The second-order valence-electron chi connectivity index (χ2n) is 4.98. The van der Waals surface area contributed by atoms with E-state index in [4.69, 9.17) is 0 Å². The van der Waals surface area contributed by atoms with Crippen LogP contribution in [0.25, 0.3) is 0 Å². The molecule has 0 aromatic rings. The summed E-state index contributed by atoms with van der Waals surface area (Å²) in [6, 6.07) is 0.591. The summed E-state index contributed by atoms with van der Waals surface area (Å²) < 4.78 is 0. The van der Waals surface area contributed by atoms with Crippen molar-refractivity contribution >= 4 is 0 Å². The van der Waals surface area contributed by atoms with Crippen LogP contribution in [0.5, 0.6) is 0 Å². The van der Waals surface area contributed by atoms with Gasteiger partial charge in [0.25, 0.3) is 0 Å². The monoisotopic (exact) mass is 184 g/mol. The minimum absolute atomic E-state index is 0.388. The molecule has 0 aliphatic carbocycles. The van der Waals surface area contributed by atoms with Gasteiger partial charge >= 0.3 is 0 Å². The van der Waals surface area contributed by atoms with E-state index in [2.05, 4.69) is 38.0 Å². The molecule has 2 nitrogen and oxygen atoms in total. The Morgan fingerprint density at radius 3 is 2.31 bits per heavy atom. The Bertz CT molecular complexity index is 148. The SMILES string of the molecule is CNC(C)C(C)(C)CN1CCCC1. The molecule has 1 rings (SSSR count). The second kappa shape index (κ2) is 4.43. The minimum Gasteiger partial charge on any atom is -0.317 e. The molecule has 1 N–H and O–H groups in total. The Morgan fingerprint density at radius 2 is 1.85 bits per heavy atom. The fourth-order valence-corrected chi connectivity index (χ4v) is 2.04. The topological polar surface area (TPSA) is 15.3 Å². The van der Waals surface area contributed by atoms with Crippen LogP contribution in [0, 0.1) is 5.41 Å². The number of hydrogen-bond acceptors (Lipinski definition) is 2. The maximum absolute atomic E-state index is 3.35. The van der Waals surface area contributed by atoms with E-state index in [1.807, 2.05) is 0 Å². The van der Waals surface area contributed by atoms with Crippen molar-refractivity contribution in [3.63, 3.8) is 0 Å². The van der Waals surface area contributed by atoms with Crippen LogP contribution in [0.1, 0.15) is 33.6 Å². The summed E-state index contributed by atoms with van der Waals surface area (Å²) in [5.41, 5.74) is 0.388. The third kappa shape index (κ3) is 2.96. The summed E-state index contributed by atoms with van der Waals surface area (Å²) in [5.74, 6) is 0. The summed E-state index contributed by atoms with van der Waals surface area (Å²) in [4.78, 5) is 2.59. The standard InChI is InChI=1S/C11H24N2/c1-10(12-4)11(2,3)9-13-7-5-6-8-13/h10,12H,5-9H2,1-4H3. The van der Waals surface area contributed by atoms with Crippen LogP contribution in [-0.4, -0.2) is 37.6 Å². The molecular weight excluding hydrogens is 160 g/mol. The van der Waals surface area contributed by atoms with Crippen molar-refractivity contribution in [2.45, 2.75) is 39.7 Å². The van der Waals surface area contributed by atoms with Crippen LogP contribution in [0.3, 0.4) is 0 Å². The molecule has 1 unspecified atom stereocenters. The lowest BCUT2D eigenvalue weighted by Crippen LogP contribution is -2.44. The number of rotatable bonds is 4. The molecule has 78 valence electrons. The first-order chi connectivity index (χ1) is 6.06. The zero-order chi connectivity index (χ0) is 9.90. The summed E-state index contributed by atoms with van der Waals surface area (Å²) in [6.45, 7) is 10.8. The van der Waals surface area contributed by atoms with E-state index in [1.54, 1.807) is 0 Å². The Labute approximate surface area is 82.7 Å². The van der Waals surface area contributed by atoms with Gasteiger partial charge in [0.15, 0.2) is 0 Å². The van der Waals surface area contributed by atoms with Gasteiger partial charge in [-0.1, -0.05) is 13.8 Å². The predicted octanol–water partition coefficient (Wildman–Crippen LogP) is 1.72. The number of nitrogens with one attached hydrogen (secondary N) is 1. The molecule has 1 atom stereocenters. The molecule has 0 amide bonds. The minimum atomic E-state index is 0.388. The van der Waals surface area contributed by atoms with Crippen molar-refractivity contribution in [2.75, 3.05) is 26.7 Å². The fraction of sp³-hybridized carbons (Fsp3) is 1.00. The zero-order valence-corrected chi connectivity index (χ0v) is 9.56. The normalized spacial score (nSPS) is 22.2. The van der Waals surface area contributed by atoms with Crippen molar-refractivity contribution < 1.29 is 0 Å². The van der Waals surface area contributed by atoms with Crippen LogP contribution in [0.15, 0.2) is 0 Å². The molecule has 0 aromatic heterocycles. The van der Waals surface area contributed by atoms with Crippen molar-refractivity contribution in [2.24, 2.45) is 5.41 Å². The highest BCUT2D eigenvalue weighted by Crippen LogP contribution is 2.23. The Balaban J connectivity index is 2.40. The van der Waals surface area contributed by atoms with Gasteiger partial charge in [-0.05, 0) is 45.3 Å². The van der Waals surface area contributed by atoms with Gasteiger partial charge in [-0.15, -0.1) is 0 Å². The zero-order valence-electron chi connectivity index (χ0n) is 9.56. The van der Waals surface area contributed by atoms with E-state index in [9.17, 15) is 0 Å². The van der Waals surface area contributed by atoms with Crippen LogP contribution in [0.4, 0.5) is 0 Å². The lowest BCUT2D eigenvalue weighted by molar-refractivity contribution is 0.168. The average molecular weight is 184 g/mol.